The number of hydrogen-bond acceptors (Lipinski definition) is 6. The zero-order valence-electron chi connectivity index (χ0n) is 14.4. The SMILES string of the molecule is COC(=O)c1ccc(C=Nc2nc3c(s2)Cc2cc(OC)ccc2-3)cc1. The van der Waals surface area contributed by atoms with Gasteiger partial charge in [0, 0.05) is 23.1 Å². The molecule has 0 atom stereocenters. The molecule has 5 nitrogen and oxygen atoms in total. The molecule has 1 heterocycles. The Morgan fingerprint density at radius 1 is 1.19 bits per heavy atom. The topological polar surface area (TPSA) is 60.8 Å². The van der Waals surface area contributed by atoms with E-state index in [0.717, 1.165) is 34.1 Å². The summed E-state index contributed by atoms with van der Waals surface area (Å²) in [6.07, 6.45) is 2.62. The van der Waals surface area contributed by atoms with Crippen molar-refractivity contribution in [2.24, 2.45) is 4.99 Å². The molecule has 0 amide bonds. The van der Waals surface area contributed by atoms with Crippen LogP contribution < -0.4 is 4.74 Å². The first-order valence-corrected chi connectivity index (χ1v) is 8.89. The number of hydrogen-bond donors (Lipinski definition) is 0. The van der Waals surface area contributed by atoms with Crippen molar-refractivity contribution >= 4 is 28.7 Å². The van der Waals surface area contributed by atoms with Gasteiger partial charge in [0.1, 0.15) is 5.75 Å². The monoisotopic (exact) mass is 364 g/mol. The maximum atomic E-state index is 11.5. The number of ether oxygens (including phenoxy) is 2. The Labute approximate surface area is 155 Å². The lowest BCUT2D eigenvalue weighted by molar-refractivity contribution is 0.0600. The highest BCUT2D eigenvalue weighted by Crippen LogP contribution is 2.42. The van der Waals surface area contributed by atoms with Crippen molar-refractivity contribution in [1.82, 2.24) is 4.98 Å². The van der Waals surface area contributed by atoms with Crippen molar-refractivity contribution < 1.29 is 14.3 Å². The van der Waals surface area contributed by atoms with E-state index in [2.05, 4.69) is 22.1 Å². The van der Waals surface area contributed by atoms with Crippen molar-refractivity contribution in [1.29, 1.82) is 0 Å². The average Bonchev–Trinajstić information content (AvgIpc) is 3.22. The molecule has 0 spiro atoms. The van der Waals surface area contributed by atoms with E-state index in [1.165, 1.54) is 17.6 Å². The summed E-state index contributed by atoms with van der Waals surface area (Å²) in [4.78, 5) is 21.8. The van der Waals surface area contributed by atoms with E-state index < -0.39 is 0 Å². The normalized spacial score (nSPS) is 12.1. The number of carbonyl (C=O) groups is 1. The molecule has 130 valence electrons. The molecule has 4 rings (SSSR count). The highest BCUT2D eigenvalue weighted by atomic mass is 32.1. The van der Waals surface area contributed by atoms with E-state index in [1.54, 1.807) is 36.8 Å². The fraction of sp³-hybridized carbons (Fsp3) is 0.150. The van der Waals surface area contributed by atoms with E-state index in [1.807, 2.05) is 18.2 Å². The molecule has 1 aromatic heterocycles. The Kier molecular flexibility index (Phi) is 4.26. The second kappa shape index (κ2) is 6.72. The zero-order valence-corrected chi connectivity index (χ0v) is 15.2. The van der Waals surface area contributed by atoms with Crippen LogP contribution in [-0.2, 0) is 11.2 Å². The Bertz CT molecular complexity index is 1010. The number of nitrogens with zero attached hydrogens (tertiary/aromatic N) is 2. The number of rotatable bonds is 4. The van der Waals surface area contributed by atoms with Crippen molar-refractivity contribution in [2.45, 2.75) is 6.42 Å². The molecule has 0 unspecified atom stereocenters. The molecule has 2 aromatic carbocycles. The van der Waals surface area contributed by atoms with Gasteiger partial charge in [-0.15, -0.1) is 0 Å². The first kappa shape index (κ1) is 16.5. The predicted octanol–water partition coefficient (Wildman–Crippen LogP) is 4.26. The summed E-state index contributed by atoms with van der Waals surface area (Å²) < 4.78 is 9.98. The van der Waals surface area contributed by atoms with Gasteiger partial charge < -0.3 is 9.47 Å². The smallest absolute Gasteiger partial charge is 0.337 e. The summed E-state index contributed by atoms with van der Waals surface area (Å²) in [5.74, 6) is 0.521. The fourth-order valence-electron chi connectivity index (χ4n) is 2.92. The third-order valence-corrected chi connectivity index (χ3v) is 5.22. The molecule has 3 aromatic rings. The van der Waals surface area contributed by atoms with Gasteiger partial charge in [0.15, 0.2) is 0 Å². The molecular weight excluding hydrogens is 348 g/mol. The summed E-state index contributed by atoms with van der Waals surface area (Å²) in [7, 11) is 3.04. The Morgan fingerprint density at radius 3 is 2.73 bits per heavy atom. The van der Waals surface area contributed by atoms with Crippen molar-refractivity contribution in [3.05, 3.63) is 64.0 Å². The van der Waals surface area contributed by atoms with Crippen LogP contribution in [0.2, 0.25) is 0 Å². The number of methoxy groups -OCH3 is 2. The number of carbonyl (C=O) groups excluding carboxylic acids is 1. The molecular formula is C20H16N2O3S. The van der Waals surface area contributed by atoms with Crippen molar-refractivity contribution in [3.63, 3.8) is 0 Å². The van der Waals surface area contributed by atoms with Crippen LogP contribution in [0.4, 0.5) is 5.13 Å². The van der Waals surface area contributed by atoms with Crippen LogP contribution in [0.15, 0.2) is 47.5 Å². The van der Waals surface area contributed by atoms with E-state index in [9.17, 15) is 4.79 Å². The number of aliphatic imine (C=N–C) groups is 1. The Hall–Kier alpha value is -2.99. The molecule has 0 bridgehead atoms. The van der Waals surface area contributed by atoms with Gasteiger partial charge in [-0.05, 0) is 41.5 Å². The van der Waals surface area contributed by atoms with E-state index in [4.69, 9.17) is 9.47 Å². The van der Waals surface area contributed by atoms with Gasteiger partial charge in [0.2, 0.25) is 5.13 Å². The third-order valence-electron chi connectivity index (χ3n) is 4.26. The lowest BCUT2D eigenvalue weighted by atomic mass is 10.1. The molecule has 0 fully saturated rings. The molecule has 0 saturated heterocycles. The lowest BCUT2D eigenvalue weighted by Gasteiger charge is -2.03. The van der Waals surface area contributed by atoms with E-state index in [-0.39, 0.29) is 5.97 Å². The quantitative estimate of drug-likeness (QED) is 0.401. The van der Waals surface area contributed by atoms with Crippen molar-refractivity contribution in [3.8, 4) is 17.0 Å². The first-order valence-electron chi connectivity index (χ1n) is 8.07. The van der Waals surface area contributed by atoms with Gasteiger partial charge >= 0.3 is 5.97 Å². The minimum Gasteiger partial charge on any atom is -0.497 e. The van der Waals surface area contributed by atoms with Crippen LogP contribution >= 0.6 is 11.3 Å². The van der Waals surface area contributed by atoms with Crippen molar-refractivity contribution in [2.75, 3.05) is 14.2 Å². The van der Waals surface area contributed by atoms with Crippen LogP contribution in [-0.4, -0.2) is 31.4 Å². The highest BCUT2D eigenvalue weighted by molar-refractivity contribution is 7.15. The standard InChI is InChI=1S/C20H16N2O3S/c1-24-15-7-8-16-14(9-15)10-17-18(16)22-20(26-17)21-11-12-3-5-13(6-4-12)19(23)25-2/h3-9,11H,10H2,1-2H3. The lowest BCUT2D eigenvalue weighted by Crippen LogP contribution is -2.00. The van der Waals surface area contributed by atoms with Gasteiger partial charge in [-0.3, -0.25) is 0 Å². The third kappa shape index (κ3) is 2.99. The van der Waals surface area contributed by atoms with Gasteiger partial charge in [0.05, 0.1) is 25.5 Å². The van der Waals surface area contributed by atoms with Crippen LogP contribution in [0.3, 0.4) is 0 Å². The van der Waals surface area contributed by atoms with Gasteiger partial charge in [0.25, 0.3) is 0 Å². The highest BCUT2D eigenvalue weighted by Gasteiger charge is 2.23. The molecule has 6 heteroatoms. The molecule has 1 aliphatic rings. The number of benzene rings is 2. The summed E-state index contributed by atoms with van der Waals surface area (Å²) in [6.45, 7) is 0. The summed E-state index contributed by atoms with van der Waals surface area (Å²) in [6, 6.07) is 13.2. The fourth-order valence-corrected chi connectivity index (χ4v) is 3.87. The minimum absolute atomic E-state index is 0.347. The van der Waals surface area contributed by atoms with Crippen LogP contribution in [0, 0.1) is 0 Å². The zero-order chi connectivity index (χ0) is 18.1. The van der Waals surface area contributed by atoms with E-state index >= 15 is 0 Å². The van der Waals surface area contributed by atoms with Crippen LogP contribution in [0.1, 0.15) is 26.4 Å². The van der Waals surface area contributed by atoms with Crippen LogP contribution in [0.5, 0.6) is 5.75 Å². The molecule has 26 heavy (non-hydrogen) atoms. The molecule has 0 saturated carbocycles. The van der Waals surface area contributed by atoms with Gasteiger partial charge in [-0.1, -0.05) is 23.5 Å². The largest absolute Gasteiger partial charge is 0.497 e. The molecule has 1 aliphatic carbocycles. The number of fused-ring (bicyclic) bond motifs is 3. The second-order valence-electron chi connectivity index (χ2n) is 5.84. The Balaban J connectivity index is 1.54. The maximum absolute atomic E-state index is 11.5. The minimum atomic E-state index is -0.347. The molecule has 0 N–H and O–H groups in total. The number of thiazole rings is 1. The first-order chi connectivity index (χ1) is 12.7. The molecule has 0 aliphatic heterocycles. The summed E-state index contributed by atoms with van der Waals surface area (Å²) in [5.41, 5.74) is 4.83. The van der Waals surface area contributed by atoms with E-state index in [0.29, 0.717) is 5.56 Å². The summed E-state index contributed by atoms with van der Waals surface area (Å²) in [5, 5.41) is 0.730. The van der Waals surface area contributed by atoms with Gasteiger partial charge in [-0.2, -0.15) is 0 Å². The average molecular weight is 364 g/mol. The summed E-state index contributed by atoms with van der Waals surface area (Å²) >= 11 is 1.60. The molecule has 0 radical (unpaired) electrons. The van der Waals surface area contributed by atoms with Crippen LogP contribution in [0.25, 0.3) is 11.3 Å². The predicted molar refractivity (Wildman–Crippen MR) is 102 cm³/mol. The maximum Gasteiger partial charge on any atom is 0.337 e. The number of aromatic nitrogens is 1. The number of esters is 1. The second-order valence-corrected chi connectivity index (χ2v) is 6.90. The Morgan fingerprint density at radius 2 is 2.00 bits per heavy atom. The van der Waals surface area contributed by atoms with Gasteiger partial charge in [-0.25, -0.2) is 14.8 Å².